The zero-order valence-electron chi connectivity index (χ0n) is 4.55. The second-order valence-corrected chi connectivity index (χ2v) is 2.40. The quantitative estimate of drug-likeness (QED) is 0.464. The fourth-order valence-electron chi connectivity index (χ4n) is 0.658. The monoisotopic (exact) mass is 124 g/mol. The highest BCUT2D eigenvalue weighted by Crippen LogP contribution is 2.49. The average Bonchev–Trinajstić information content (AvgIpc) is 1.64. The molecule has 0 heterocycles. The summed E-state index contributed by atoms with van der Waals surface area (Å²) in [7, 11) is 0. The van der Waals surface area contributed by atoms with E-state index in [9.17, 15) is 13.2 Å². The van der Waals surface area contributed by atoms with E-state index >= 15 is 0 Å². The van der Waals surface area contributed by atoms with Crippen LogP contribution in [0.2, 0.25) is 0 Å². The first kappa shape index (κ1) is 5.92. The van der Waals surface area contributed by atoms with Crippen LogP contribution < -0.4 is 0 Å². The van der Waals surface area contributed by atoms with Gasteiger partial charge in [-0.1, -0.05) is 0 Å². The maximum absolute atomic E-state index is 12.2. The molecule has 1 fully saturated rings. The average molecular weight is 124 g/mol. The number of halogens is 3. The molecule has 0 aromatic heterocycles. The molecule has 0 saturated heterocycles. The molecule has 8 heavy (non-hydrogen) atoms. The lowest BCUT2D eigenvalue weighted by Crippen LogP contribution is -2.51. The number of rotatable bonds is 0. The minimum Gasteiger partial charge on any atom is -0.238 e. The second kappa shape index (κ2) is 1.20. The smallest absolute Gasteiger partial charge is 0.238 e. The van der Waals surface area contributed by atoms with Gasteiger partial charge in [0.25, 0.3) is 5.92 Å². The van der Waals surface area contributed by atoms with E-state index in [4.69, 9.17) is 0 Å². The fourth-order valence-corrected chi connectivity index (χ4v) is 0.658. The van der Waals surface area contributed by atoms with E-state index in [0.29, 0.717) is 0 Å². The highest BCUT2D eigenvalue weighted by molar-refractivity contribution is 4.99. The van der Waals surface area contributed by atoms with Crippen molar-refractivity contribution in [1.82, 2.24) is 0 Å². The molecule has 1 aliphatic rings. The van der Waals surface area contributed by atoms with Crippen molar-refractivity contribution in [2.45, 2.75) is 31.4 Å². The lowest BCUT2D eigenvalue weighted by atomic mass is 9.79. The molecule has 48 valence electrons. The topological polar surface area (TPSA) is 0 Å². The van der Waals surface area contributed by atoms with Gasteiger partial charge in [-0.25, -0.2) is 13.2 Å². The van der Waals surface area contributed by atoms with Gasteiger partial charge in [-0.05, 0) is 13.3 Å². The van der Waals surface area contributed by atoms with Gasteiger partial charge < -0.3 is 0 Å². The minimum atomic E-state index is -3.05. The second-order valence-electron chi connectivity index (χ2n) is 2.40. The molecule has 0 aromatic carbocycles. The number of alkyl halides is 3. The molecule has 1 unspecified atom stereocenters. The number of hydrogen-bond donors (Lipinski definition) is 0. The van der Waals surface area contributed by atoms with Crippen LogP contribution in [0.3, 0.4) is 0 Å². The van der Waals surface area contributed by atoms with Gasteiger partial charge in [0, 0.05) is 6.42 Å². The summed E-state index contributed by atoms with van der Waals surface area (Å²) in [6.07, 6.45) is -0.292. The van der Waals surface area contributed by atoms with Crippen molar-refractivity contribution in [3.05, 3.63) is 0 Å². The Balaban J connectivity index is 2.63. The van der Waals surface area contributed by atoms with E-state index in [1.807, 2.05) is 0 Å². The summed E-state index contributed by atoms with van der Waals surface area (Å²) in [5.74, 6) is -3.05. The zero-order valence-corrected chi connectivity index (χ0v) is 4.55. The molecule has 0 nitrogen and oxygen atoms in total. The summed E-state index contributed by atoms with van der Waals surface area (Å²) in [4.78, 5) is 0. The Morgan fingerprint density at radius 2 is 1.50 bits per heavy atom. The van der Waals surface area contributed by atoms with Gasteiger partial charge in [-0.15, -0.1) is 0 Å². The van der Waals surface area contributed by atoms with Gasteiger partial charge in [0.2, 0.25) is 0 Å². The summed E-state index contributed by atoms with van der Waals surface area (Å²) < 4.78 is 36.1. The Kier molecular flexibility index (Phi) is 0.886. The third kappa shape index (κ3) is 0.533. The van der Waals surface area contributed by atoms with E-state index < -0.39 is 11.6 Å². The maximum atomic E-state index is 12.2. The van der Waals surface area contributed by atoms with Gasteiger partial charge >= 0.3 is 0 Å². The minimum absolute atomic E-state index is 0. The van der Waals surface area contributed by atoms with Crippen LogP contribution in [0.25, 0.3) is 0 Å². The molecule has 0 bridgehead atoms. The van der Waals surface area contributed by atoms with Gasteiger partial charge in [0.15, 0.2) is 5.67 Å². The molecule has 0 aromatic rings. The first-order valence-corrected chi connectivity index (χ1v) is 2.52. The molecule has 0 aliphatic heterocycles. The van der Waals surface area contributed by atoms with Crippen LogP contribution in [0.4, 0.5) is 13.2 Å². The SMILES string of the molecule is CC1(F)CCC1(F)F. The molecular formula is C5H7F3. The third-order valence-corrected chi connectivity index (χ3v) is 1.67. The lowest BCUT2D eigenvalue weighted by Gasteiger charge is -2.39. The van der Waals surface area contributed by atoms with Gasteiger partial charge in [-0.3, -0.25) is 0 Å². The van der Waals surface area contributed by atoms with Crippen LogP contribution in [0.5, 0.6) is 0 Å². The molecule has 1 atom stereocenters. The van der Waals surface area contributed by atoms with Crippen molar-refractivity contribution in [3.63, 3.8) is 0 Å². The number of hydrogen-bond acceptors (Lipinski definition) is 0. The lowest BCUT2D eigenvalue weighted by molar-refractivity contribution is -0.201. The summed E-state index contributed by atoms with van der Waals surface area (Å²) >= 11 is 0. The van der Waals surface area contributed by atoms with Crippen molar-refractivity contribution >= 4 is 0 Å². The molecular weight excluding hydrogens is 117 g/mol. The predicted molar refractivity (Wildman–Crippen MR) is 23.7 cm³/mol. The normalized spacial score (nSPS) is 43.5. The molecule has 0 amide bonds. The van der Waals surface area contributed by atoms with E-state index in [1.165, 1.54) is 0 Å². The molecule has 1 rings (SSSR count). The summed E-state index contributed by atoms with van der Waals surface area (Å²) in [5.41, 5.74) is -2.22. The van der Waals surface area contributed by atoms with Crippen LogP contribution in [0, 0.1) is 0 Å². The maximum Gasteiger partial charge on any atom is 0.281 e. The molecule has 0 radical (unpaired) electrons. The molecule has 1 aliphatic carbocycles. The van der Waals surface area contributed by atoms with Gasteiger partial charge in [0.1, 0.15) is 0 Å². The zero-order chi connectivity index (χ0) is 6.41. The van der Waals surface area contributed by atoms with Crippen LogP contribution in [-0.2, 0) is 0 Å². The van der Waals surface area contributed by atoms with Crippen LogP contribution >= 0.6 is 0 Å². The van der Waals surface area contributed by atoms with E-state index in [2.05, 4.69) is 0 Å². The summed E-state index contributed by atoms with van der Waals surface area (Å²) in [6.45, 7) is 0.941. The van der Waals surface area contributed by atoms with Crippen molar-refractivity contribution in [3.8, 4) is 0 Å². The first-order chi connectivity index (χ1) is 3.46. The standard InChI is InChI=1S/C5H7F3/c1-4(6)2-3-5(4,7)8/h2-3H2,1H3. The first-order valence-electron chi connectivity index (χ1n) is 2.52. The van der Waals surface area contributed by atoms with Gasteiger partial charge in [0.05, 0.1) is 0 Å². The van der Waals surface area contributed by atoms with Crippen LogP contribution in [0.1, 0.15) is 19.8 Å². The Morgan fingerprint density at radius 3 is 1.50 bits per heavy atom. The van der Waals surface area contributed by atoms with Crippen molar-refractivity contribution in [2.75, 3.05) is 0 Å². The van der Waals surface area contributed by atoms with E-state index in [-0.39, 0.29) is 12.8 Å². The van der Waals surface area contributed by atoms with Gasteiger partial charge in [-0.2, -0.15) is 0 Å². The van der Waals surface area contributed by atoms with Crippen LogP contribution in [-0.4, -0.2) is 11.6 Å². The molecule has 1 saturated carbocycles. The van der Waals surface area contributed by atoms with Crippen molar-refractivity contribution < 1.29 is 13.2 Å². The highest BCUT2D eigenvalue weighted by Gasteiger charge is 2.59. The van der Waals surface area contributed by atoms with E-state index in [0.717, 1.165) is 6.92 Å². The largest absolute Gasteiger partial charge is 0.281 e. The molecule has 3 heteroatoms. The van der Waals surface area contributed by atoms with E-state index in [1.54, 1.807) is 0 Å². The Bertz CT molecular complexity index is 92.2. The van der Waals surface area contributed by atoms with Crippen molar-refractivity contribution in [1.29, 1.82) is 0 Å². The Labute approximate surface area is 45.7 Å². The summed E-state index contributed by atoms with van der Waals surface area (Å²) in [6, 6.07) is 0. The van der Waals surface area contributed by atoms with Crippen molar-refractivity contribution in [2.24, 2.45) is 0 Å². The molecule has 0 spiro atoms. The molecule has 0 N–H and O–H groups in total. The Morgan fingerprint density at radius 1 is 1.12 bits per heavy atom. The Hall–Kier alpha value is -0.210. The third-order valence-electron chi connectivity index (χ3n) is 1.67. The summed E-state index contributed by atoms with van der Waals surface area (Å²) in [5, 5.41) is 0. The fraction of sp³-hybridized carbons (Fsp3) is 1.00. The highest BCUT2D eigenvalue weighted by atomic mass is 19.3. The van der Waals surface area contributed by atoms with Crippen LogP contribution in [0.15, 0.2) is 0 Å². The predicted octanol–water partition coefficient (Wildman–Crippen LogP) is 2.14.